The third kappa shape index (κ3) is 4.91. The maximum absolute atomic E-state index is 12.3. The molecule has 0 spiro atoms. The fourth-order valence-corrected chi connectivity index (χ4v) is 2.26. The van der Waals surface area contributed by atoms with E-state index in [1.54, 1.807) is 41.6 Å². The number of hydrogen-bond acceptors (Lipinski definition) is 4. The molecule has 1 aromatic carbocycles. The van der Waals surface area contributed by atoms with Crippen molar-refractivity contribution in [2.24, 2.45) is 0 Å². The van der Waals surface area contributed by atoms with E-state index < -0.39 is 0 Å². The average Bonchev–Trinajstić information content (AvgIpc) is 2.64. The molecule has 0 bridgehead atoms. The summed E-state index contributed by atoms with van der Waals surface area (Å²) in [4.78, 5) is 29.6. The summed E-state index contributed by atoms with van der Waals surface area (Å²) in [5.74, 6) is 0.589. The van der Waals surface area contributed by atoms with Crippen molar-refractivity contribution < 1.29 is 14.3 Å². The van der Waals surface area contributed by atoms with Crippen LogP contribution in [0.5, 0.6) is 5.75 Å². The number of rotatable bonds is 8. The van der Waals surface area contributed by atoms with Crippen LogP contribution in [0.1, 0.15) is 36.2 Å². The second kappa shape index (κ2) is 8.82. The summed E-state index contributed by atoms with van der Waals surface area (Å²) in [5, 5.41) is 0. The summed E-state index contributed by atoms with van der Waals surface area (Å²) < 4.78 is 5.54. The van der Waals surface area contributed by atoms with E-state index in [1.807, 2.05) is 26.0 Å². The van der Waals surface area contributed by atoms with E-state index in [-0.39, 0.29) is 18.3 Å². The first kappa shape index (κ1) is 17.7. The SMILES string of the molecule is CCC(=O)c1ccc(OCC(=O)N(CC)Cc2ccncc2)cc1. The van der Waals surface area contributed by atoms with Gasteiger partial charge in [-0.1, -0.05) is 6.92 Å². The number of nitrogens with zero attached hydrogens (tertiary/aromatic N) is 2. The second-order valence-corrected chi connectivity index (χ2v) is 5.35. The van der Waals surface area contributed by atoms with Gasteiger partial charge < -0.3 is 9.64 Å². The van der Waals surface area contributed by atoms with E-state index in [0.29, 0.717) is 30.8 Å². The van der Waals surface area contributed by atoms with Gasteiger partial charge in [0.1, 0.15) is 5.75 Å². The van der Waals surface area contributed by atoms with Crippen LogP contribution in [0.25, 0.3) is 0 Å². The highest BCUT2D eigenvalue weighted by atomic mass is 16.5. The molecule has 0 saturated heterocycles. The van der Waals surface area contributed by atoms with E-state index >= 15 is 0 Å². The first-order valence-electron chi connectivity index (χ1n) is 8.06. The minimum Gasteiger partial charge on any atom is -0.484 e. The molecule has 0 N–H and O–H groups in total. The van der Waals surface area contributed by atoms with Gasteiger partial charge in [-0.05, 0) is 48.9 Å². The number of amides is 1. The summed E-state index contributed by atoms with van der Waals surface area (Å²) in [6.45, 7) is 4.87. The molecule has 24 heavy (non-hydrogen) atoms. The van der Waals surface area contributed by atoms with E-state index in [9.17, 15) is 9.59 Å². The lowest BCUT2D eigenvalue weighted by Gasteiger charge is -2.21. The molecular formula is C19H22N2O3. The van der Waals surface area contributed by atoms with Crippen molar-refractivity contribution in [3.63, 3.8) is 0 Å². The number of Topliss-reactive ketones (excluding diaryl/α,β-unsaturated/α-hetero) is 1. The predicted octanol–water partition coefficient (Wildman–Crippen LogP) is 3.10. The van der Waals surface area contributed by atoms with E-state index in [0.717, 1.165) is 5.56 Å². The van der Waals surface area contributed by atoms with Crippen molar-refractivity contribution >= 4 is 11.7 Å². The zero-order chi connectivity index (χ0) is 17.4. The molecule has 1 heterocycles. The highest BCUT2D eigenvalue weighted by molar-refractivity contribution is 5.95. The lowest BCUT2D eigenvalue weighted by atomic mass is 10.1. The Bertz CT molecular complexity index is 669. The second-order valence-electron chi connectivity index (χ2n) is 5.35. The molecule has 0 unspecified atom stereocenters. The Morgan fingerprint density at radius 1 is 1.04 bits per heavy atom. The Morgan fingerprint density at radius 2 is 1.71 bits per heavy atom. The normalized spacial score (nSPS) is 10.2. The highest BCUT2D eigenvalue weighted by Crippen LogP contribution is 2.14. The molecule has 5 heteroatoms. The summed E-state index contributed by atoms with van der Waals surface area (Å²) in [6, 6.07) is 10.7. The number of ketones is 1. The van der Waals surface area contributed by atoms with Crippen LogP contribution in [0.15, 0.2) is 48.8 Å². The van der Waals surface area contributed by atoms with E-state index in [1.165, 1.54) is 0 Å². The first-order valence-corrected chi connectivity index (χ1v) is 8.06. The number of hydrogen-bond donors (Lipinski definition) is 0. The number of pyridine rings is 1. The summed E-state index contributed by atoms with van der Waals surface area (Å²) in [5.41, 5.74) is 1.69. The van der Waals surface area contributed by atoms with Crippen molar-refractivity contribution in [2.75, 3.05) is 13.2 Å². The fraction of sp³-hybridized carbons (Fsp3) is 0.316. The minimum absolute atomic E-state index is 0.0278. The van der Waals surface area contributed by atoms with Crippen LogP contribution >= 0.6 is 0 Å². The molecule has 0 atom stereocenters. The zero-order valence-electron chi connectivity index (χ0n) is 14.1. The van der Waals surface area contributed by atoms with Gasteiger partial charge in [0.2, 0.25) is 0 Å². The predicted molar refractivity (Wildman–Crippen MR) is 91.9 cm³/mol. The smallest absolute Gasteiger partial charge is 0.260 e. The number of carbonyl (C=O) groups excluding carboxylic acids is 2. The molecule has 0 saturated carbocycles. The lowest BCUT2D eigenvalue weighted by Crippen LogP contribution is -2.34. The average molecular weight is 326 g/mol. The third-order valence-corrected chi connectivity index (χ3v) is 3.72. The monoisotopic (exact) mass is 326 g/mol. The Balaban J connectivity index is 1.90. The van der Waals surface area contributed by atoms with Gasteiger partial charge in [-0.25, -0.2) is 0 Å². The Kier molecular flexibility index (Phi) is 6.49. The maximum atomic E-state index is 12.3. The Labute approximate surface area is 142 Å². The van der Waals surface area contributed by atoms with Gasteiger partial charge in [0.25, 0.3) is 5.91 Å². The molecule has 126 valence electrons. The van der Waals surface area contributed by atoms with Crippen LogP contribution < -0.4 is 4.74 Å². The van der Waals surface area contributed by atoms with Gasteiger partial charge in [-0.3, -0.25) is 14.6 Å². The van der Waals surface area contributed by atoms with Gasteiger partial charge in [-0.15, -0.1) is 0 Å². The van der Waals surface area contributed by atoms with Gasteiger partial charge in [-0.2, -0.15) is 0 Å². The highest BCUT2D eigenvalue weighted by Gasteiger charge is 2.13. The molecule has 2 aromatic rings. The van der Waals surface area contributed by atoms with Crippen molar-refractivity contribution in [2.45, 2.75) is 26.8 Å². The number of likely N-dealkylation sites (N-methyl/N-ethyl adjacent to an activating group) is 1. The van der Waals surface area contributed by atoms with E-state index in [2.05, 4.69) is 4.98 Å². The Morgan fingerprint density at radius 3 is 2.29 bits per heavy atom. The van der Waals surface area contributed by atoms with Crippen LogP contribution in [-0.2, 0) is 11.3 Å². The summed E-state index contributed by atoms with van der Waals surface area (Å²) in [6.07, 6.45) is 3.89. The fourth-order valence-electron chi connectivity index (χ4n) is 2.26. The number of benzene rings is 1. The largest absolute Gasteiger partial charge is 0.484 e. The van der Waals surface area contributed by atoms with Crippen molar-refractivity contribution in [3.05, 3.63) is 59.9 Å². The Hall–Kier alpha value is -2.69. The van der Waals surface area contributed by atoms with Gasteiger partial charge >= 0.3 is 0 Å². The molecule has 5 nitrogen and oxygen atoms in total. The molecule has 0 fully saturated rings. The number of carbonyl (C=O) groups is 2. The number of ether oxygens (including phenoxy) is 1. The quantitative estimate of drug-likeness (QED) is 0.699. The minimum atomic E-state index is -0.0805. The number of aromatic nitrogens is 1. The molecule has 0 aliphatic rings. The summed E-state index contributed by atoms with van der Waals surface area (Å²) in [7, 11) is 0. The van der Waals surface area contributed by atoms with Crippen LogP contribution in [-0.4, -0.2) is 34.7 Å². The zero-order valence-corrected chi connectivity index (χ0v) is 14.1. The van der Waals surface area contributed by atoms with Gasteiger partial charge in [0.15, 0.2) is 12.4 Å². The summed E-state index contributed by atoms with van der Waals surface area (Å²) >= 11 is 0. The standard InChI is InChI=1S/C19H22N2O3/c1-3-18(22)16-5-7-17(8-6-16)24-14-19(23)21(4-2)13-15-9-11-20-12-10-15/h5-12H,3-4,13-14H2,1-2H3. The molecular weight excluding hydrogens is 304 g/mol. The third-order valence-electron chi connectivity index (χ3n) is 3.72. The molecule has 0 aliphatic heterocycles. The van der Waals surface area contributed by atoms with Crippen LogP contribution in [0, 0.1) is 0 Å². The molecule has 2 rings (SSSR count). The van der Waals surface area contributed by atoms with Gasteiger partial charge in [0.05, 0.1) is 0 Å². The van der Waals surface area contributed by atoms with Crippen LogP contribution in [0.2, 0.25) is 0 Å². The van der Waals surface area contributed by atoms with Crippen molar-refractivity contribution in [1.82, 2.24) is 9.88 Å². The van der Waals surface area contributed by atoms with Crippen LogP contribution in [0.4, 0.5) is 0 Å². The first-order chi connectivity index (χ1) is 11.6. The van der Waals surface area contributed by atoms with Crippen LogP contribution in [0.3, 0.4) is 0 Å². The molecule has 0 radical (unpaired) electrons. The van der Waals surface area contributed by atoms with Crippen molar-refractivity contribution in [3.8, 4) is 5.75 Å². The lowest BCUT2D eigenvalue weighted by molar-refractivity contribution is -0.133. The maximum Gasteiger partial charge on any atom is 0.260 e. The topological polar surface area (TPSA) is 59.5 Å². The molecule has 1 aromatic heterocycles. The van der Waals surface area contributed by atoms with Crippen molar-refractivity contribution in [1.29, 1.82) is 0 Å². The van der Waals surface area contributed by atoms with E-state index in [4.69, 9.17) is 4.74 Å². The molecule has 1 amide bonds. The van der Waals surface area contributed by atoms with Gasteiger partial charge in [0, 0.05) is 37.5 Å². The molecule has 0 aliphatic carbocycles.